The standard InChI is InChI=1S/C23H20N2O3/c26-19(24-18-7-3-5-12-4-1-2-6-13(12)18)11-25-22(27)20-14-8-9-15(17-10-16(14)17)21(20)23(25)28/h1-9,14-17,20-21H,10-11H2,(H,24,26)/t14-,15+,16-,17-,20+,21-/m1/s1. The van der Waals surface area contributed by atoms with Crippen LogP contribution in [-0.4, -0.2) is 29.2 Å². The minimum atomic E-state index is -0.331. The SMILES string of the molecule is O=C(CN1C(=O)[C@@H]2[C@H]3C=C[C@H]([C@H]4C[C@H]34)[C@@H]2C1=O)Nc1cccc2ccccc12. The van der Waals surface area contributed by atoms with E-state index in [0.717, 1.165) is 17.2 Å². The van der Waals surface area contributed by atoms with Crippen LogP contribution in [0.15, 0.2) is 54.6 Å². The fourth-order valence-corrected chi connectivity index (χ4v) is 5.84. The van der Waals surface area contributed by atoms with Gasteiger partial charge in [0.1, 0.15) is 6.54 Å². The summed E-state index contributed by atoms with van der Waals surface area (Å²) >= 11 is 0. The molecule has 1 heterocycles. The molecule has 6 atom stereocenters. The highest BCUT2D eigenvalue weighted by Gasteiger charge is 2.67. The van der Waals surface area contributed by atoms with Gasteiger partial charge >= 0.3 is 0 Å². The van der Waals surface area contributed by atoms with Crippen molar-refractivity contribution in [2.24, 2.45) is 35.5 Å². The van der Waals surface area contributed by atoms with Gasteiger partial charge in [-0.15, -0.1) is 0 Å². The number of amides is 3. The Kier molecular flexibility index (Phi) is 3.17. The lowest BCUT2D eigenvalue weighted by molar-refractivity contribution is -0.142. The van der Waals surface area contributed by atoms with Crippen molar-refractivity contribution in [1.29, 1.82) is 0 Å². The smallest absolute Gasteiger partial charge is 0.244 e. The Morgan fingerprint density at radius 3 is 2.29 bits per heavy atom. The van der Waals surface area contributed by atoms with E-state index in [9.17, 15) is 14.4 Å². The van der Waals surface area contributed by atoms with Gasteiger partial charge in [-0.3, -0.25) is 19.3 Å². The third kappa shape index (κ3) is 2.10. The predicted octanol–water partition coefficient (Wildman–Crippen LogP) is 2.83. The van der Waals surface area contributed by atoms with Gasteiger partial charge in [0.2, 0.25) is 17.7 Å². The second kappa shape index (κ2) is 5.53. The van der Waals surface area contributed by atoms with Crippen LogP contribution in [-0.2, 0) is 14.4 Å². The largest absolute Gasteiger partial charge is 0.324 e. The van der Waals surface area contributed by atoms with Crippen LogP contribution < -0.4 is 5.32 Å². The highest BCUT2D eigenvalue weighted by Crippen LogP contribution is 2.65. The quantitative estimate of drug-likeness (QED) is 0.666. The molecule has 2 aromatic rings. The molecule has 0 unspecified atom stereocenters. The van der Waals surface area contributed by atoms with E-state index in [4.69, 9.17) is 0 Å². The van der Waals surface area contributed by atoms with Crippen molar-refractivity contribution in [1.82, 2.24) is 4.90 Å². The number of rotatable bonds is 3. The fourth-order valence-electron chi connectivity index (χ4n) is 5.84. The molecular formula is C23H20N2O3. The van der Waals surface area contributed by atoms with E-state index in [0.29, 0.717) is 17.5 Å². The lowest BCUT2D eigenvalue weighted by Gasteiger charge is -2.37. The van der Waals surface area contributed by atoms with Crippen LogP contribution in [0.4, 0.5) is 5.69 Å². The summed E-state index contributed by atoms with van der Waals surface area (Å²) in [6.07, 6.45) is 5.42. The number of nitrogens with zero attached hydrogens (tertiary/aromatic N) is 1. The summed E-state index contributed by atoms with van der Waals surface area (Å²) in [7, 11) is 0. The Labute approximate surface area is 162 Å². The molecule has 2 bridgehead atoms. The second-order valence-corrected chi connectivity index (χ2v) is 8.49. The molecule has 5 nitrogen and oxygen atoms in total. The molecule has 2 aromatic carbocycles. The maximum absolute atomic E-state index is 13.0. The first kappa shape index (κ1) is 16.0. The molecule has 0 aromatic heterocycles. The van der Waals surface area contributed by atoms with Crippen LogP contribution in [0.2, 0.25) is 0 Å². The van der Waals surface area contributed by atoms with Crippen LogP contribution in [0.3, 0.4) is 0 Å². The van der Waals surface area contributed by atoms with Gasteiger partial charge in [-0.05, 0) is 41.5 Å². The van der Waals surface area contributed by atoms with Gasteiger partial charge < -0.3 is 5.32 Å². The number of hydrogen-bond donors (Lipinski definition) is 1. The fraction of sp³-hybridized carbons (Fsp3) is 0.348. The van der Waals surface area contributed by atoms with Gasteiger partial charge in [-0.2, -0.15) is 0 Å². The summed E-state index contributed by atoms with van der Waals surface area (Å²) < 4.78 is 0. The molecule has 2 saturated carbocycles. The van der Waals surface area contributed by atoms with Crippen molar-refractivity contribution in [2.75, 3.05) is 11.9 Å². The summed E-state index contributed by atoms with van der Waals surface area (Å²) in [6.45, 7) is -0.206. The topological polar surface area (TPSA) is 66.5 Å². The average Bonchev–Trinajstić information content (AvgIpc) is 3.49. The molecule has 0 radical (unpaired) electrons. The van der Waals surface area contributed by atoms with Gasteiger partial charge in [0.05, 0.1) is 11.8 Å². The van der Waals surface area contributed by atoms with E-state index >= 15 is 0 Å². The van der Waals surface area contributed by atoms with Crippen LogP contribution in [0.25, 0.3) is 10.8 Å². The Bertz CT molecular complexity index is 1030. The third-order valence-electron chi connectivity index (χ3n) is 7.12. The number of likely N-dealkylation sites (tertiary alicyclic amines) is 1. The Hall–Kier alpha value is -2.95. The first-order chi connectivity index (χ1) is 13.6. The normalized spacial score (nSPS) is 34.5. The van der Waals surface area contributed by atoms with E-state index in [1.54, 1.807) is 0 Å². The Balaban J connectivity index is 1.23. The van der Waals surface area contributed by atoms with Crippen molar-refractivity contribution >= 4 is 34.2 Å². The number of fused-ring (bicyclic) bond motifs is 1. The summed E-state index contributed by atoms with van der Waals surface area (Å²) in [6, 6.07) is 13.5. The number of carbonyl (C=O) groups is 3. The maximum Gasteiger partial charge on any atom is 0.244 e. The van der Waals surface area contributed by atoms with Gasteiger partial charge in [-0.25, -0.2) is 0 Å². The van der Waals surface area contributed by atoms with Gasteiger partial charge in [0.25, 0.3) is 0 Å². The molecule has 0 spiro atoms. The summed E-state index contributed by atoms with van der Waals surface area (Å²) in [4.78, 5) is 39.9. The minimum absolute atomic E-state index is 0.159. The third-order valence-corrected chi connectivity index (χ3v) is 7.12. The number of imide groups is 1. The first-order valence-electron chi connectivity index (χ1n) is 9.94. The number of carbonyl (C=O) groups excluding carboxylic acids is 3. The van der Waals surface area contributed by atoms with Crippen LogP contribution in [0.1, 0.15) is 6.42 Å². The lowest BCUT2D eigenvalue weighted by atomic mass is 9.63. The molecule has 5 heteroatoms. The van der Waals surface area contributed by atoms with Crippen LogP contribution in [0.5, 0.6) is 0 Å². The monoisotopic (exact) mass is 372 g/mol. The van der Waals surface area contributed by atoms with Crippen molar-refractivity contribution in [2.45, 2.75) is 6.42 Å². The average molecular weight is 372 g/mol. The molecule has 5 aliphatic rings. The van der Waals surface area contributed by atoms with Crippen LogP contribution >= 0.6 is 0 Å². The molecule has 1 N–H and O–H groups in total. The molecule has 3 amide bonds. The molecule has 28 heavy (non-hydrogen) atoms. The number of anilines is 1. The number of allylic oxidation sites excluding steroid dienone is 2. The number of hydrogen-bond acceptors (Lipinski definition) is 3. The molecule has 1 saturated heterocycles. The lowest BCUT2D eigenvalue weighted by Crippen LogP contribution is -2.40. The minimum Gasteiger partial charge on any atom is -0.324 e. The van der Waals surface area contributed by atoms with E-state index in [2.05, 4.69) is 17.5 Å². The zero-order valence-corrected chi connectivity index (χ0v) is 15.2. The van der Waals surface area contributed by atoms with E-state index in [1.165, 1.54) is 4.90 Å². The van der Waals surface area contributed by atoms with Gasteiger partial charge in [0, 0.05) is 11.1 Å². The number of benzene rings is 2. The molecule has 1 aliphatic heterocycles. The molecular weight excluding hydrogens is 352 g/mol. The first-order valence-corrected chi connectivity index (χ1v) is 9.94. The number of nitrogens with one attached hydrogen (secondary N) is 1. The van der Waals surface area contributed by atoms with E-state index < -0.39 is 0 Å². The van der Waals surface area contributed by atoms with Crippen molar-refractivity contribution in [3.63, 3.8) is 0 Å². The predicted molar refractivity (Wildman–Crippen MR) is 104 cm³/mol. The van der Waals surface area contributed by atoms with Crippen LogP contribution in [0, 0.1) is 35.5 Å². The zero-order valence-electron chi connectivity index (χ0n) is 15.2. The second-order valence-electron chi connectivity index (χ2n) is 8.49. The highest BCUT2D eigenvalue weighted by atomic mass is 16.2. The Morgan fingerprint density at radius 2 is 1.57 bits per heavy atom. The van der Waals surface area contributed by atoms with Gasteiger partial charge in [-0.1, -0.05) is 48.6 Å². The molecule has 140 valence electrons. The zero-order chi connectivity index (χ0) is 19.0. The van der Waals surface area contributed by atoms with Gasteiger partial charge in [0.15, 0.2) is 0 Å². The molecule has 4 aliphatic carbocycles. The summed E-state index contributed by atoms with van der Waals surface area (Å²) in [5.74, 6) is 0.344. The van der Waals surface area contributed by atoms with Crippen molar-refractivity contribution < 1.29 is 14.4 Å². The van der Waals surface area contributed by atoms with E-state index in [1.807, 2.05) is 42.5 Å². The maximum atomic E-state index is 13.0. The molecule has 7 rings (SSSR count). The summed E-state index contributed by atoms with van der Waals surface area (Å²) in [5.41, 5.74) is 0.697. The summed E-state index contributed by atoms with van der Waals surface area (Å²) in [5, 5.41) is 4.86. The van der Waals surface area contributed by atoms with E-state index in [-0.39, 0.29) is 47.9 Å². The van der Waals surface area contributed by atoms with Crippen molar-refractivity contribution in [3.05, 3.63) is 54.6 Å². The highest BCUT2D eigenvalue weighted by molar-refractivity contribution is 6.10. The molecule has 3 fully saturated rings. The van der Waals surface area contributed by atoms with Crippen molar-refractivity contribution in [3.8, 4) is 0 Å². The Morgan fingerprint density at radius 1 is 0.929 bits per heavy atom.